The lowest BCUT2D eigenvalue weighted by Crippen LogP contribution is -2.55. The van der Waals surface area contributed by atoms with Crippen molar-refractivity contribution in [1.82, 2.24) is 4.98 Å². The molecule has 0 bridgehead atoms. The number of aromatic nitrogens is 1. The van der Waals surface area contributed by atoms with E-state index in [9.17, 15) is 0 Å². The van der Waals surface area contributed by atoms with Crippen LogP contribution >= 0.6 is 0 Å². The number of pyridine rings is 1. The first-order valence-corrected chi connectivity index (χ1v) is 10.8. The van der Waals surface area contributed by atoms with Crippen molar-refractivity contribution in [3.63, 3.8) is 0 Å². The Bertz CT molecular complexity index is 1230. The van der Waals surface area contributed by atoms with Gasteiger partial charge < -0.3 is 9.62 Å². The fourth-order valence-corrected chi connectivity index (χ4v) is 4.60. The first-order valence-electron chi connectivity index (χ1n) is 10.8. The van der Waals surface area contributed by atoms with E-state index in [1.54, 1.807) is 0 Å². The van der Waals surface area contributed by atoms with E-state index in [0.29, 0.717) is 0 Å². The van der Waals surface area contributed by atoms with E-state index in [2.05, 4.69) is 116 Å². The minimum Gasteiger partial charge on any atom is -0.360 e. The van der Waals surface area contributed by atoms with Crippen molar-refractivity contribution in [3.8, 4) is 0 Å². The second-order valence-corrected chi connectivity index (χ2v) is 8.37. The number of hydrogen-bond acceptors (Lipinski definition) is 3. The molecule has 1 aliphatic rings. The van der Waals surface area contributed by atoms with Gasteiger partial charge in [-0.3, -0.25) is 0 Å². The van der Waals surface area contributed by atoms with Crippen molar-refractivity contribution in [2.24, 2.45) is 0 Å². The molecule has 1 aliphatic heterocycles. The van der Waals surface area contributed by atoms with Crippen LogP contribution in [0.1, 0.15) is 22.3 Å². The zero-order valence-electron chi connectivity index (χ0n) is 18.5. The van der Waals surface area contributed by atoms with Gasteiger partial charge in [-0.05, 0) is 74.6 Å². The Labute approximate surface area is 185 Å². The molecule has 0 amide bonds. The van der Waals surface area contributed by atoms with Crippen LogP contribution in [0.3, 0.4) is 0 Å². The fourth-order valence-electron chi connectivity index (χ4n) is 4.60. The summed E-state index contributed by atoms with van der Waals surface area (Å²) in [6.45, 7) is 8.67. The van der Waals surface area contributed by atoms with E-state index in [4.69, 9.17) is 4.98 Å². The Morgan fingerprint density at radius 1 is 0.613 bits per heavy atom. The highest BCUT2D eigenvalue weighted by atomic mass is 15.3. The fraction of sp³-hybridized carbons (Fsp3) is 0.148. The number of nitrogens with zero attached hydrogens (tertiary/aromatic N) is 3. The van der Waals surface area contributed by atoms with Crippen molar-refractivity contribution < 1.29 is 0 Å². The number of fused-ring (bicyclic) bond motifs is 1. The maximum absolute atomic E-state index is 4.88. The van der Waals surface area contributed by atoms with Crippen LogP contribution in [0.4, 0.5) is 22.9 Å². The Morgan fingerprint density at radius 3 is 1.87 bits per heavy atom. The van der Waals surface area contributed by atoms with Gasteiger partial charge in [0.25, 0.3) is 0 Å². The molecule has 31 heavy (non-hydrogen) atoms. The van der Waals surface area contributed by atoms with Crippen LogP contribution in [0.2, 0.25) is 0 Å². The highest BCUT2D eigenvalue weighted by Crippen LogP contribution is 2.45. The summed E-state index contributed by atoms with van der Waals surface area (Å²) in [6, 6.07) is 28.1. The summed E-state index contributed by atoms with van der Waals surface area (Å²) in [4.78, 5) is 9.72. The molecule has 0 fully saturated rings. The number of para-hydroxylation sites is 3. The topological polar surface area (TPSA) is 19.4 Å². The van der Waals surface area contributed by atoms with E-state index in [1.807, 2.05) is 6.20 Å². The maximum atomic E-state index is 4.88. The van der Waals surface area contributed by atoms with Crippen LogP contribution in [0.5, 0.6) is 0 Å². The second-order valence-electron chi connectivity index (χ2n) is 8.37. The van der Waals surface area contributed by atoms with Crippen LogP contribution in [-0.4, -0.2) is 12.0 Å². The van der Waals surface area contributed by atoms with Gasteiger partial charge in [-0.1, -0.05) is 59.7 Å². The van der Waals surface area contributed by atoms with Gasteiger partial charge >= 0.3 is 6.98 Å². The zero-order valence-corrected chi connectivity index (χ0v) is 18.5. The van der Waals surface area contributed by atoms with E-state index < -0.39 is 0 Å². The lowest BCUT2D eigenvalue weighted by molar-refractivity contribution is 1.18. The number of benzene rings is 3. The van der Waals surface area contributed by atoms with Gasteiger partial charge in [0.05, 0.1) is 11.4 Å². The number of aryl methyl sites for hydroxylation is 4. The second kappa shape index (κ2) is 7.62. The molecule has 4 heteroatoms. The zero-order chi connectivity index (χ0) is 21.5. The third-order valence-corrected chi connectivity index (χ3v) is 6.33. The minimum absolute atomic E-state index is 0.0180. The molecule has 0 saturated heterocycles. The lowest BCUT2D eigenvalue weighted by Gasteiger charge is -2.31. The van der Waals surface area contributed by atoms with E-state index in [0.717, 1.165) is 5.82 Å². The Hall–Kier alpha value is -3.53. The summed E-state index contributed by atoms with van der Waals surface area (Å²) < 4.78 is 0. The molecule has 152 valence electrons. The normalized spacial score (nSPS) is 13.0. The molecule has 0 unspecified atom stereocenters. The van der Waals surface area contributed by atoms with Gasteiger partial charge in [0.2, 0.25) is 0 Å². The number of anilines is 4. The van der Waals surface area contributed by atoms with Gasteiger partial charge in [0.1, 0.15) is 5.82 Å². The monoisotopic (exact) mass is 403 g/mol. The third-order valence-electron chi connectivity index (χ3n) is 6.33. The van der Waals surface area contributed by atoms with Crippen LogP contribution in [0.25, 0.3) is 0 Å². The number of hydrogen-bond donors (Lipinski definition) is 0. The first-order chi connectivity index (χ1) is 15.1. The van der Waals surface area contributed by atoms with Crippen LogP contribution in [0, 0.1) is 27.7 Å². The van der Waals surface area contributed by atoms with Gasteiger partial charge in [0, 0.05) is 11.9 Å². The van der Waals surface area contributed by atoms with E-state index in [-0.39, 0.29) is 6.98 Å². The SMILES string of the molecule is Cc1cnc(N2B(c3c(C)cccc3C)N(c3ccccc3)c3ccccc32)cc1C. The van der Waals surface area contributed by atoms with Crippen molar-refractivity contribution in [3.05, 3.63) is 107 Å². The molecule has 0 aliphatic carbocycles. The molecule has 1 aromatic heterocycles. The Morgan fingerprint density at radius 2 is 1.23 bits per heavy atom. The molecule has 0 radical (unpaired) electrons. The van der Waals surface area contributed by atoms with E-state index >= 15 is 0 Å². The van der Waals surface area contributed by atoms with Crippen LogP contribution < -0.4 is 15.1 Å². The quantitative estimate of drug-likeness (QED) is 0.391. The van der Waals surface area contributed by atoms with Gasteiger partial charge in [-0.2, -0.15) is 0 Å². The molecular weight excluding hydrogens is 377 g/mol. The Kier molecular flexibility index (Phi) is 4.78. The first kappa shape index (κ1) is 19.4. The summed E-state index contributed by atoms with van der Waals surface area (Å²) in [6.07, 6.45) is 1.99. The summed E-state index contributed by atoms with van der Waals surface area (Å²) in [5.74, 6) is 0.974. The largest absolute Gasteiger partial charge is 0.422 e. The average molecular weight is 403 g/mol. The highest BCUT2D eigenvalue weighted by molar-refractivity contribution is 6.85. The van der Waals surface area contributed by atoms with Gasteiger partial charge in [-0.15, -0.1) is 0 Å². The summed E-state index contributed by atoms with van der Waals surface area (Å²) in [7, 11) is 0. The molecule has 3 aromatic carbocycles. The van der Waals surface area contributed by atoms with Crippen molar-refractivity contribution >= 4 is 35.3 Å². The summed E-state index contributed by atoms with van der Waals surface area (Å²) in [5.41, 5.74) is 9.90. The molecule has 0 saturated carbocycles. The van der Waals surface area contributed by atoms with Crippen molar-refractivity contribution in [2.45, 2.75) is 27.7 Å². The van der Waals surface area contributed by atoms with Crippen molar-refractivity contribution in [2.75, 3.05) is 9.62 Å². The molecule has 0 N–H and O–H groups in total. The minimum atomic E-state index is -0.0180. The maximum Gasteiger partial charge on any atom is 0.422 e. The summed E-state index contributed by atoms with van der Waals surface area (Å²) in [5, 5.41) is 0. The Balaban J connectivity index is 1.82. The predicted molar refractivity (Wildman–Crippen MR) is 132 cm³/mol. The molecule has 5 rings (SSSR count). The predicted octanol–water partition coefficient (Wildman–Crippen LogP) is 6.00. The standard InChI is InChI=1S/C27H26BN3/c1-19-11-10-12-20(2)27(19)28-30(23-13-6-5-7-14-23)24-15-8-9-16-25(24)31(28)26-17-21(3)22(4)18-29-26/h5-18H,1-4H3. The van der Waals surface area contributed by atoms with Crippen molar-refractivity contribution in [1.29, 1.82) is 0 Å². The summed E-state index contributed by atoms with van der Waals surface area (Å²) >= 11 is 0. The molecular formula is C27H26BN3. The van der Waals surface area contributed by atoms with Crippen LogP contribution in [-0.2, 0) is 0 Å². The molecule has 4 aromatic rings. The average Bonchev–Trinajstić information content (AvgIpc) is 3.11. The smallest absolute Gasteiger partial charge is 0.360 e. The van der Waals surface area contributed by atoms with E-state index in [1.165, 1.54) is 44.8 Å². The third kappa shape index (κ3) is 3.19. The van der Waals surface area contributed by atoms with Gasteiger partial charge in [0.15, 0.2) is 0 Å². The molecule has 3 nitrogen and oxygen atoms in total. The number of rotatable bonds is 3. The van der Waals surface area contributed by atoms with Gasteiger partial charge in [-0.25, -0.2) is 4.98 Å². The molecule has 0 spiro atoms. The lowest BCUT2D eigenvalue weighted by atomic mass is 9.61. The molecule has 0 atom stereocenters. The van der Waals surface area contributed by atoms with Crippen LogP contribution in [0.15, 0.2) is 85.1 Å². The highest BCUT2D eigenvalue weighted by Gasteiger charge is 2.45. The molecule has 2 heterocycles.